The number of nitrogens with zero attached hydrogens (tertiary/aromatic N) is 2. The molecule has 4 rings (SSSR count). The zero-order chi connectivity index (χ0) is 19.7. The summed E-state index contributed by atoms with van der Waals surface area (Å²) in [5.41, 5.74) is 4.71. The average Bonchev–Trinajstić information content (AvgIpc) is 3.03. The summed E-state index contributed by atoms with van der Waals surface area (Å²) in [5.74, 6) is -0.0277. The number of aliphatic imine (C=N–C) groups is 1. The van der Waals surface area contributed by atoms with Gasteiger partial charge in [-0.15, -0.1) is 0 Å². The summed E-state index contributed by atoms with van der Waals surface area (Å²) < 4.78 is 0. The third-order valence-corrected chi connectivity index (χ3v) is 5.08. The zero-order valence-electron chi connectivity index (χ0n) is 16.1. The molecule has 144 valence electrons. The first-order chi connectivity index (χ1) is 13.6. The molecule has 3 N–H and O–H groups in total. The van der Waals surface area contributed by atoms with Crippen LogP contribution in [0.5, 0.6) is 5.88 Å². The second kappa shape index (κ2) is 7.38. The molecule has 0 saturated heterocycles. The Balaban J connectivity index is 1.75. The number of aromatic nitrogens is 1. The van der Waals surface area contributed by atoms with Gasteiger partial charge in [-0.3, -0.25) is 4.79 Å². The molecule has 1 aromatic heterocycles. The van der Waals surface area contributed by atoms with Crippen molar-refractivity contribution in [3.05, 3.63) is 53.6 Å². The number of aromatic amines is 1. The number of likely N-dealkylation sites (N-methyl/N-ethyl adjacent to an activating group) is 1. The molecule has 1 amide bonds. The highest BCUT2D eigenvalue weighted by atomic mass is 16.3. The summed E-state index contributed by atoms with van der Waals surface area (Å²) >= 11 is 0. The Hall–Kier alpha value is -3.28. The molecule has 1 aliphatic rings. The molecule has 0 unspecified atom stereocenters. The molecule has 6 heteroatoms. The number of anilines is 1. The summed E-state index contributed by atoms with van der Waals surface area (Å²) in [6, 6.07) is 13.4. The number of H-pyrrole nitrogens is 1. The van der Waals surface area contributed by atoms with Gasteiger partial charge >= 0.3 is 0 Å². The maximum Gasteiger partial charge on any atom is 0.251 e. The minimum Gasteiger partial charge on any atom is -0.494 e. The third-order valence-electron chi connectivity index (χ3n) is 5.08. The van der Waals surface area contributed by atoms with Gasteiger partial charge in [0.2, 0.25) is 0 Å². The summed E-state index contributed by atoms with van der Waals surface area (Å²) in [6.45, 7) is 3.32. The number of amides is 1. The summed E-state index contributed by atoms with van der Waals surface area (Å²) in [6.07, 6.45) is 1.98. The number of nitrogens with one attached hydrogen (secondary N) is 2. The highest BCUT2D eigenvalue weighted by Crippen LogP contribution is 2.36. The molecule has 0 radical (unpaired) electrons. The fraction of sp³-hybridized carbons (Fsp3) is 0.273. The molecular formula is C22H24N4O2. The fourth-order valence-electron chi connectivity index (χ4n) is 3.60. The van der Waals surface area contributed by atoms with E-state index in [9.17, 15) is 9.90 Å². The number of hydrogen-bond acceptors (Lipinski definition) is 4. The number of unbranched alkanes of at least 4 members (excludes halogenated alkanes) is 1. The molecule has 3 aromatic rings. The lowest BCUT2D eigenvalue weighted by atomic mass is 10.0. The number of fused-ring (bicyclic) bond motifs is 2. The van der Waals surface area contributed by atoms with E-state index in [-0.39, 0.29) is 11.8 Å². The standard InChI is InChI=1S/C22H24N4O2/c1-3-4-11-23-21(27)14-9-10-16-15(12-14)20(22(28)25-16)18-13-26(2)19-8-6-5-7-17(19)24-18/h5-10,12,25,28H,3-4,11,13H2,1-2H3,(H,23,27). The maximum absolute atomic E-state index is 12.5. The predicted octanol–water partition coefficient (Wildman–Crippen LogP) is 3.97. The highest BCUT2D eigenvalue weighted by molar-refractivity contribution is 6.17. The van der Waals surface area contributed by atoms with Gasteiger partial charge in [0, 0.05) is 30.1 Å². The molecule has 0 atom stereocenters. The summed E-state index contributed by atoms with van der Waals surface area (Å²) in [4.78, 5) is 22.3. The van der Waals surface area contributed by atoms with Crippen LogP contribution < -0.4 is 10.2 Å². The van der Waals surface area contributed by atoms with Crippen molar-refractivity contribution in [2.24, 2.45) is 4.99 Å². The topological polar surface area (TPSA) is 80.7 Å². The fourth-order valence-corrected chi connectivity index (χ4v) is 3.60. The van der Waals surface area contributed by atoms with Crippen molar-refractivity contribution in [3.63, 3.8) is 0 Å². The molecule has 6 nitrogen and oxygen atoms in total. The smallest absolute Gasteiger partial charge is 0.251 e. The Labute approximate surface area is 163 Å². The van der Waals surface area contributed by atoms with Crippen LogP contribution in [0, 0.1) is 0 Å². The first kappa shape index (κ1) is 18.1. The van der Waals surface area contributed by atoms with Crippen molar-refractivity contribution < 1.29 is 9.90 Å². The van der Waals surface area contributed by atoms with E-state index in [1.165, 1.54) is 0 Å². The lowest BCUT2D eigenvalue weighted by Crippen LogP contribution is -2.29. The molecule has 0 saturated carbocycles. The zero-order valence-corrected chi connectivity index (χ0v) is 16.1. The summed E-state index contributed by atoms with van der Waals surface area (Å²) in [5, 5.41) is 14.3. The minimum absolute atomic E-state index is 0.0741. The molecule has 0 fully saturated rings. The van der Waals surface area contributed by atoms with E-state index in [1.807, 2.05) is 43.4 Å². The Kier molecular flexibility index (Phi) is 4.77. The van der Waals surface area contributed by atoms with Gasteiger partial charge < -0.3 is 20.3 Å². The Morgan fingerprint density at radius 1 is 1.29 bits per heavy atom. The van der Waals surface area contributed by atoms with E-state index >= 15 is 0 Å². The van der Waals surface area contributed by atoms with Crippen molar-refractivity contribution in [3.8, 4) is 5.88 Å². The van der Waals surface area contributed by atoms with Gasteiger partial charge in [0.25, 0.3) is 5.91 Å². The van der Waals surface area contributed by atoms with Crippen LogP contribution in [-0.4, -0.2) is 41.8 Å². The SMILES string of the molecule is CCCCNC(=O)c1ccc2[nH]c(O)c(C3=Nc4ccccc4N(C)C3)c2c1. The first-order valence-corrected chi connectivity index (χ1v) is 9.59. The lowest BCUT2D eigenvalue weighted by molar-refractivity contribution is 0.0953. The van der Waals surface area contributed by atoms with Gasteiger partial charge in [-0.05, 0) is 36.8 Å². The second-order valence-corrected chi connectivity index (χ2v) is 7.12. The van der Waals surface area contributed by atoms with Gasteiger partial charge in [0.05, 0.1) is 29.2 Å². The van der Waals surface area contributed by atoms with Gasteiger partial charge in [0.15, 0.2) is 5.88 Å². The maximum atomic E-state index is 12.5. The van der Waals surface area contributed by atoms with Crippen LogP contribution in [0.2, 0.25) is 0 Å². The Bertz CT molecular complexity index is 1070. The molecule has 1 aliphatic heterocycles. The number of carbonyl (C=O) groups excluding carboxylic acids is 1. The molecule has 0 bridgehead atoms. The highest BCUT2D eigenvalue weighted by Gasteiger charge is 2.23. The van der Waals surface area contributed by atoms with Crippen molar-refractivity contribution in [1.29, 1.82) is 0 Å². The van der Waals surface area contributed by atoms with Gasteiger partial charge in [0.1, 0.15) is 0 Å². The van der Waals surface area contributed by atoms with E-state index in [0.29, 0.717) is 24.2 Å². The quantitative estimate of drug-likeness (QED) is 0.589. The van der Waals surface area contributed by atoms with Crippen molar-refractivity contribution in [1.82, 2.24) is 10.3 Å². The van der Waals surface area contributed by atoms with Crippen molar-refractivity contribution >= 4 is 33.9 Å². The van der Waals surface area contributed by atoms with E-state index in [0.717, 1.165) is 40.8 Å². The molecule has 28 heavy (non-hydrogen) atoms. The molecule has 2 aromatic carbocycles. The van der Waals surface area contributed by atoms with Crippen LogP contribution >= 0.6 is 0 Å². The van der Waals surface area contributed by atoms with Crippen LogP contribution in [0.25, 0.3) is 10.9 Å². The van der Waals surface area contributed by atoms with Crippen LogP contribution in [0.3, 0.4) is 0 Å². The average molecular weight is 376 g/mol. The molecule has 2 heterocycles. The number of carbonyl (C=O) groups is 1. The van der Waals surface area contributed by atoms with Gasteiger partial charge in [-0.2, -0.15) is 0 Å². The summed E-state index contributed by atoms with van der Waals surface area (Å²) in [7, 11) is 2.01. The minimum atomic E-state index is -0.102. The number of hydrogen-bond donors (Lipinski definition) is 3. The lowest BCUT2D eigenvalue weighted by Gasteiger charge is -2.26. The number of rotatable bonds is 5. The van der Waals surface area contributed by atoms with E-state index in [2.05, 4.69) is 22.1 Å². The number of benzene rings is 2. The molecule has 0 aliphatic carbocycles. The third kappa shape index (κ3) is 3.22. The largest absolute Gasteiger partial charge is 0.494 e. The monoisotopic (exact) mass is 376 g/mol. The van der Waals surface area contributed by atoms with E-state index in [4.69, 9.17) is 4.99 Å². The van der Waals surface area contributed by atoms with Gasteiger partial charge in [-0.25, -0.2) is 4.99 Å². The van der Waals surface area contributed by atoms with Crippen LogP contribution in [0.1, 0.15) is 35.7 Å². The van der Waals surface area contributed by atoms with Crippen molar-refractivity contribution in [2.75, 3.05) is 25.0 Å². The Morgan fingerprint density at radius 2 is 2.11 bits per heavy atom. The van der Waals surface area contributed by atoms with E-state index < -0.39 is 0 Å². The number of aromatic hydroxyl groups is 1. The van der Waals surface area contributed by atoms with Gasteiger partial charge in [-0.1, -0.05) is 25.5 Å². The molecular weight excluding hydrogens is 352 g/mol. The molecule has 0 spiro atoms. The van der Waals surface area contributed by atoms with Crippen LogP contribution in [0.15, 0.2) is 47.5 Å². The normalized spacial score (nSPS) is 13.4. The van der Waals surface area contributed by atoms with Crippen LogP contribution in [-0.2, 0) is 0 Å². The van der Waals surface area contributed by atoms with E-state index in [1.54, 1.807) is 6.07 Å². The van der Waals surface area contributed by atoms with Crippen LogP contribution in [0.4, 0.5) is 11.4 Å². The second-order valence-electron chi connectivity index (χ2n) is 7.12. The Morgan fingerprint density at radius 3 is 2.93 bits per heavy atom. The van der Waals surface area contributed by atoms with Crippen molar-refractivity contribution in [2.45, 2.75) is 19.8 Å². The number of para-hydroxylation sites is 2. The predicted molar refractivity (Wildman–Crippen MR) is 113 cm³/mol. The first-order valence-electron chi connectivity index (χ1n) is 9.59.